The Morgan fingerprint density at radius 3 is 2.33 bits per heavy atom. The fourth-order valence-electron chi connectivity index (χ4n) is 2.31. The summed E-state index contributed by atoms with van der Waals surface area (Å²) in [6.07, 6.45) is 3.31. The molecule has 5 nitrogen and oxygen atoms in total. The molecule has 21 heavy (non-hydrogen) atoms. The first-order valence-corrected chi connectivity index (χ1v) is 7.41. The second kappa shape index (κ2) is 7.77. The van der Waals surface area contributed by atoms with Gasteiger partial charge in [-0.2, -0.15) is 0 Å². The molecule has 0 heterocycles. The maximum atomic E-state index is 11.9. The van der Waals surface area contributed by atoms with E-state index in [4.69, 9.17) is 5.73 Å². The van der Waals surface area contributed by atoms with Crippen molar-refractivity contribution in [3.63, 3.8) is 0 Å². The monoisotopic (exact) mass is 375 g/mol. The molecule has 1 aliphatic rings. The second-order valence-electron chi connectivity index (χ2n) is 5.10. The number of nitrogens with one attached hydrogen (secondary N) is 2. The van der Waals surface area contributed by atoms with Gasteiger partial charge in [-0.25, -0.2) is 0 Å². The summed E-state index contributed by atoms with van der Waals surface area (Å²) in [5.41, 5.74) is 5.91. The van der Waals surface area contributed by atoms with Crippen molar-refractivity contribution in [2.45, 2.75) is 31.2 Å². The minimum atomic E-state index is -0.794. The highest BCUT2D eigenvalue weighted by Gasteiger charge is 2.36. The van der Waals surface area contributed by atoms with Crippen molar-refractivity contribution in [3.8, 4) is 0 Å². The van der Waals surface area contributed by atoms with E-state index in [1.54, 1.807) is 12.1 Å². The molecule has 0 radical (unpaired) electrons. The number of benzene rings is 1. The minimum absolute atomic E-state index is 0. The third kappa shape index (κ3) is 4.98. The largest absolute Gasteiger partial charge is 0.345 e. The van der Waals surface area contributed by atoms with E-state index in [0.29, 0.717) is 18.5 Å². The minimum Gasteiger partial charge on any atom is -0.345 e. The topological polar surface area (TPSA) is 84.2 Å². The van der Waals surface area contributed by atoms with Crippen LogP contribution in [0, 0.1) is 0 Å². The van der Waals surface area contributed by atoms with Gasteiger partial charge >= 0.3 is 0 Å². The quantitative estimate of drug-likeness (QED) is 0.753. The van der Waals surface area contributed by atoms with Gasteiger partial charge in [-0.15, -0.1) is 12.4 Å². The van der Waals surface area contributed by atoms with E-state index in [1.165, 1.54) is 0 Å². The predicted molar refractivity (Wildman–Crippen MR) is 88.4 cm³/mol. The van der Waals surface area contributed by atoms with Gasteiger partial charge < -0.3 is 16.4 Å². The van der Waals surface area contributed by atoms with Crippen LogP contribution in [0.3, 0.4) is 0 Å². The zero-order valence-electron chi connectivity index (χ0n) is 11.5. The van der Waals surface area contributed by atoms with Gasteiger partial charge in [-0.05, 0) is 37.1 Å². The fourth-order valence-corrected chi connectivity index (χ4v) is 2.57. The van der Waals surface area contributed by atoms with Crippen molar-refractivity contribution in [1.29, 1.82) is 0 Å². The summed E-state index contributed by atoms with van der Waals surface area (Å²) in [4.78, 5) is 23.7. The molecule has 4 N–H and O–H groups in total. The Hall–Kier alpha value is -1.11. The van der Waals surface area contributed by atoms with Crippen LogP contribution < -0.4 is 16.4 Å². The Bertz CT molecular complexity index is 501. The third-order valence-corrected chi connectivity index (χ3v) is 4.01. The van der Waals surface area contributed by atoms with Crippen LogP contribution in [0.25, 0.3) is 0 Å². The molecular formula is C14H19BrClN3O2. The summed E-state index contributed by atoms with van der Waals surface area (Å²) in [6, 6.07) is 7.24. The molecule has 116 valence electrons. The Morgan fingerprint density at radius 1 is 1.19 bits per heavy atom. The second-order valence-corrected chi connectivity index (χ2v) is 6.02. The lowest BCUT2D eigenvalue weighted by atomic mass is 9.98. The predicted octanol–water partition coefficient (Wildman–Crippen LogP) is 2.20. The van der Waals surface area contributed by atoms with E-state index >= 15 is 0 Å². The van der Waals surface area contributed by atoms with Crippen molar-refractivity contribution in [3.05, 3.63) is 28.7 Å². The molecule has 1 aliphatic carbocycles. The van der Waals surface area contributed by atoms with E-state index < -0.39 is 5.54 Å². The van der Waals surface area contributed by atoms with Crippen molar-refractivity contribution < 1.29 is 9.59 Å². The van der Waals surface area contributed by atoms with Gasteiger partial charge in [0.1, 0.15) is 0 Å². The van der Waals surface area contributed by atoms with E-state index in [2.05, 4.69) is 26.6 Å². The van der Waals surface area contributed by atoms with Gasteiger partial charge in [0, 0.05) is 10.2 Å². The highest BCUT2D eigenvalue weighted by molar-refractivity contribution is 9.10. The standard InChI is InChI=1S/C14H18BrN3O2.ClH/c15-10-3-5-11(6-4-10)18-12(19)9-17-13(20)14(16)7-1-2-8-14;/h3-6H,1-2,7-9,16H2,(H,17,20)(H,18,19);1H. The SMILES string of the molecule is Cl.NC1(C(=O)NCC(=O)Nc2ccc(Br)cc2)CCCC1. The van der Waals surface area contributed by atoms with Crippen LogP contribution in [-0.4, -0.2) is 23.9 Å². The fraction of sp³-hybridized carbons (Fsp3) is 0.429. The van der Waals surface area contributed by atoms with Crippen LogP contribution in [-0.2, 0) is 9.59 Å². The summed E-state index contributed by atoms with van der Waals surface area (Å²) >= 11 is 3.32. The lowest BCUT2D eigenvalue weighted by Gasteiger charge is -2.21. The third-order valence-electron chi connectivity index (χ3n) is 3.49. The number of carbonyl (C=O) groups is 2. The number of hydrogen-bond acceptors (Lipinski definition) is 3. The molecule has 2 rings (SSSR count). The van der Waals surface area contributed by atoms with E-state index in [0.717, 1.165) is 17.3 Å². The van der Waals surface area contributed by atoms with E-state index in [1.807, 2.05) is 12.1 Å². The number of carbonyl (C=O) groups excluding carboxylic acids is 2. The van der Waals surface area contributed by atoms with Crippen LogP contribution in [0.15, 0.2) is 28.7 Å². The van der Waals surface area contributed by atoms with Gasteiger partial charge in [0.2, 0.25) is 11.8 Å². The molecule has 0 atom stereocenters. The summed E-state index contributed by atoms with van der Waals surface area (Å²) in [5.74, 6) is -0.497. The molecule has 0 bridgehead atoms. The van der Waals surface area contributed by atoms with Crippen molar-refractivity contribution >= 4 is 45.8 Å². The average Bonchev–Trinajstić information content (AvgIpc) is 2.87. The first-order chi connectivity index (χ1) is 9.49. The number of nitrogens with two attached hydrogens (primary N) is 1. The number of rotatable bonds is 4. The average molecular weight is 377 g/mol. The maximum absolute atomic E-state index is 11.9. The Labute approximate surface area is 138 Å². The van der Waals surface area contributed by atoms with Crippen LogP contribution in [0.5, 0.6) is 0 Å². The number of amides is 2. The van der Waals surface area contributed by atoms with Crippen LogP contribution >= 0.6 is 28.3 Å². The molecular weight excluding hydrogens is 358 g/mol. The van der Waals surface area contributed by atoms with Gasteiger partial charge in [0.15, 0.2) is 0 Å². The molecule has 7 heteroatoms. The molecule has 0 aromatic heterocycles. The van der Waals surface area contributed by atoms with Gasteiger partial charge in [0.25, 0.3) is 0 Å². The van der Waals surface area contributed by atoms with Gasteiger partial charge in [-0.3, -0.25) is 9.59 Å². The van der Waals surface area contributed by atoms with E-state index in [-0.39, 0.29) is 30.8 Å². The smallest absolute Gasteiger partial charge is 0.243 e. The zero-order valence-corrected chi connectivity index (χ0v) is 13.9. The summed E-state index contributed by atoms with van der Waals surface area (Å²) < 4.78 is 0.940. The molecule has 2 amide bonds. The Balaban J connectivity index is 0.00000220. The summed E-state index contributed by atoms with van der Waals surface area (Å²) in [5, 5.41) is 5.32. The molecule has 0 saturated heterocycles. The van der Waals surface area contributed by atoms with Crippen LogP contribution in [0.2, 0.25) is 0 Å². The Morgan fingerprint density at radius 2 is 1.76 bits per heavy atom. The summed E-state index contributed by atoms with van der Waals surface area (Å²) in [6.45, 7) is -0.0617. The molecule has 1 fully saturated rings. The molecule has 1 aromatic carbocycles. The first kappa shape index (κ1) is 17.9. The number of anilines is 1. The van der Waals surface area contributed by atoms with Crippen molar-refractivity contribution in [1.82, 2.24) is 5.32 Å². The highest BCUT2D eigenvalue weighted by atomic mass is 79.9. The summed E-state index contributed by atoms with van der Waals surface area (Å²) in [7, 11) is 0. The normalized spacial score (nSPS) is 15.9. The molecule has 1 saturated carbocycles. The number of halogens is 2. The molecule has 0 unspecified atom stereocenters. The van der Waals surface area contributed by atoms with Gasteiger partial charge in [0.05, 0.1) is 12.1 Å². The highest BCUT2D eigenvalue weighted by Crippen LogP contribution is 2.27. The van der Waals surface area contributed by atoms with Crippen LogP contribution in [0.4, 0.5) is 5.69 Å². The Kier molecular flexibility index (Phi) is 6.64. The van der Waals surface area contributed by atoms with E-state index in [9.17, 15) is 9.59 Å². The lowest BCUT2D eigenvalue weighted by Crippen LogP contribution is -2.53. The number of hydrogen-bond donors (Lipinski definition) is 3. The zero-order chi connectivity index (χ0) is 14.6. The van der Waals surface area contributed by atoms with Crippen LogP contribution in [0.1, 0.15) is 25.7 Å². The molecule has 0 aliphatic heterocycles. The molecule has 1 aromatic rings. The van der Waals surface area contributed by atoms with Gasteiger partial charge in [-0.1, -0.05) is 28.8 Å². The van der Waals surface area contributed by atoms with Crippen molar-refractivity contribution in [2.75, 3.05) is 11.9 Å². The molecule has 0 spiro atoms. The van der Waals surface area contributed by atoms with Crippen molar-refractivity contribution in [2.24, 2.45) is 5.73 Å². The lowest BCUT2D eigenvalue weighted by molar-refractivity contribution is -0.128. The maximum Gasteiger partial charge on any atom is 0.243 e. The first-order valence-electron chi connectivity index (χ1n) is 6.62.